The molecule has 0 spiro atoms. The minimum absolute atomic E-state index is 0.0480. The summed E-state index contributed by atoms with van der Waals surface area (Å²) in [6.45, 7) is 0.0961. The smallest absolute Gasteiger partial charge is 0.354 e. The molecule has 10 heteroatoms. The zero-order valence-corrected chi connectivity index (χ0v) is 15.2. The molecule has 0 aliphatic carbocycles. The molecule has 150 valence electrons. The van der Waals surface area contributed by atoms with Gasteiger partial charge in [0.25, 0.3) is 5.89 Å². The van der Waals surface area contributed by atoms with E-state index in [0.717, 1.165) is 0 Å². The van der Waals surface area contributed by atoms with Crippen molar-refractivity contribution in [2.45, 2.75) is 13.0 Å². The summed E-state index contributed by atoms with van der Waals surface area (Å²) in [5.74, 6) is -0.953. The summed E-state index contributed by atoms with van der Waals surface area (Å²) in [4.78, 5) is 15.2. The van der Waals surface area contributed by atoms with Crippen LogP contribution >= 0.6 is 0 Å². The molecule has 0 radical (unpaired) electrons. The third-order valence-corrected chi connectivity index (χ3v) is 4.17. The number of nitrogens with zero attached hydrogens (tertiary/aromatic N) is 2. The number of nitrogen functional groups attached to an aromatic ring is 1. The van der Waals surface area contributed by atoms with Crippen LogP contribution in [0.1, 0.15) is 17.0 Å². The predicted octanol–water partition coefficient (Wildman–Crippen LogP) is 1.62. The lowest BCUT2D eigenvalue weighted by molar-refractivity contribution is -0.129. The molecule has 0 aliphatic rings. The molecule has 0 atom stereocenters. The molecule has 0 saturated heterocycles. The highest BCUT2D eigenvalue weighted by Crippen LogP contribution is 2.31. The highest BCUT2D eigenvalue weighted by atomic mass is 16.5. The number of benzene rings is 2. The van der Waals surface area contributed by atoms with Gasteiger partial charge in [-0.15, -0.1) is 0 Å². The molecule has 10 nitrogen and oxygen atoms in total. The van der Waals surface area contributed by atoms with Crippen molar-refractivity contribution in [3.63, 3.8) is 0 Å². The number of carboxylic acids is 1. The van der Waals surface area contributed by atoms with Crippen LogP contribution in [-0.2, 0) is 17.8 Å². The first kappa shape index (κ1) is 19.8. The van der Waals surface area contributed by atoms with Gasteiger partial charge in [-0.25, -0.2) is 4.79 Å². The average molecular weight is 397 g/mol. The van der Waals surface area contributed by atoms with Gasteiger partial charge in [-0.3, -0.25) is 5.41 Å². The van der Waals surface area contributed by atoms with Gasteiger partial charge in [0, 0.05) is 35.5 Å². The highest BCUT2D eigenvalue weighted by molar-refractivity contribution is 6.42. The number of nitrogens with one attached hydrogen (secondary N) is 2. The summed E-state index contributed by atoms with van der Waals surface area (Å²) in [5, 5.41) is 42.9. The number of anilines is 2. The average Bonchev–Trinajstić information content (AvgIpc) is 3.16. The molecule has 1 aromatic heterocycles. The number of aliphatic carboxylic acids is 1. The number of rotatable bonds is 8. The Hall–Kier alpha value is -3.92. The van der Waals surface area contributed by atoms with Crippen molar-refractivity contribution in [1.82, 2.24) is 10.1 Å². The molecule has 2 aromatic carbocycles. The van der Waals surface area contributed by atoms with Gasteiger partial charge in [0.1, 0.15) is 11.5 Å². The van der Waals surface area contributed by atoms with Crippen molar-refractivity contribution in [1.29, 1.82) is 5.41 Å². The van der Waals surface area contributed by atoms with E-state index in [1.165, 1.54) is 12.1 Å². The van der Waals surface area contributed by atoms with Gasteiger partial charge in [0.2, 0.25) is 0 Å². The molecule has 0 amide bonds. The van der Waals surface area contributed by atoms with Crippen LogP contribution < -0.4 is 11.1 Å². The van der Waals surface area contributed by atoms with E-state index in [0.29, 0.717) is 22.6 Å². The Morgan fingerprint density at radius 2 is 2.07 bits per heavy atom. The van der Waals surface area contributed by atoms with Gasteiger partial charge in [-0.05, 0) is 24.3 Å². The first-order valence-corrected chi connectivity index (χ1v) is 8.61. The molecule has 3 aromatic rings. The Morgan fingerprint density at radius 3 is 2.79 bits per heavy atom. The lowest BCUT2D eigenvalue weighted by Crippen LogP contribution is -2.15. The number of hydrogen-bond donors (Lipinski definition) is 6. The Labute approximate surface area is 165 Å². The molecule has 3 rings (SSSR count). The van der Waals surface area contributed by atoms with Crippen molar-refractivity contribution in [3.8, 4) is 17.2 Å². The van der Waals surface area contributed by atoms with E-state index in [4.69, 9.17) is 25.9 Å². The van der Waals surface area contributed by atoms with E-state index in [9.17, 15) is 9.90 Å². The summed E-state index contributed by atoms with van der Waals surface area (Å²) in [6, 6.07) is 9.67. The number of para-hydroxylation sites is 1. The fourth-order valence-electron chi connectivity index (χ4n) is 2.67. The number of phenols is 1. The number of aromatic hydroxyl groups is 1. The zero-order valence-electron chi connectivity index (χ0n) is 15.2. The normalized spacial score (nSPS) is 10.7. The number of hydrogen-bond acceptors (Lipinski definition) is 9. The van der Waals surface area contributed by atoms with Crippen LogP contribution in [0.2, 0.25) is 0 Å². The molecular weight excluding hydrogens is 378 g/mol. The minimum Gasteiger partial charge on any atom is -0.507 e. The van der Waals surface area contributed by atoms with Crippen LogP contribution in [0.3, 0.4) is 0 Å². The maximum absolute atomic E-state index is 11.0. The number of carboxylic acid groups (broad SMARTS) is 1. The summed E-state index contributed by atoms with van der Waals surface area (Å²) in [5.41, 5.74) is 6.86. The van der Waals surface area contributed by atoms with Crippen LogP contribution in [-0.4, -0.2) is 43.7 Å². The summed E-state index contributed by atoms with van der Waals surface area (Å²) >= 11 is 0. The van der Waals surface area contributed by atoms with Gasteiger partial charge < -0.3 is 30.9 Å². The van der Waals surface area contributed by atoms with Crippen LogP contribution in [0.25, 0.3) is 11.5 Å². The molecule has 29 heavy (non-hydrogen) atoms. The molecule has 0 aliphatic heterocycles. The predicted molar refractivity (Wildman–Crippen MR) is 105 cm³/mol. The van der Waals surface area contributed by atoms with Crippen molar-refractivity contribution in [2.75, 3.05) is 17.7 Å². The highest BCUT2D eigenvalue weighted by Gasteiger charge is 2.16. The van der Waals surface area contributed by atoms with Crippen molar-refractivity contribution in [3.05, 3.63) is 53.3 Å². The standard InChI is InChI=1S/C19H19N5O5/c20-14-5-4-11(8-13(14)16(21)19(27)28)22-9-10-2-1-3-12(17(10)26)18-23-15(6-7-25)24-29-18/h1-5,8,21-22,25-26H,6-7,9,20H2,(H,27,28). The molecule has 0 unspecified atom stereocenters. The van der Waals surface area contributed by atoms with Crippen molar-refractivity contribution < 1.29 is 24.6 Å². The van der Waals surface area contributed by atoms with Crippen LogP contribution in [0.5, 0.6) is 5.75 Å². The third-order valence-electron chi connectivity index (χ3n) is 4.17. The largest absolute Gasteiger partial charge is 0.507 e. The fraction of sp³-hybridized carbons (Fsp3) is 0.158. The van der Waals surface area contributed by atoms with Crippen LogP contribution in [0, 0.1) is 5.41 Å². The minimum atomic E-state index is -1.38. The number of aliphatic hydroxyl groups excluding tert-OH is 1. The molecule has 7 N–H and O–H groups in total. The van der Waals surface area contributed by atoms with Gasteiger partial charge in [0.05, 0.1) is 12.2 Å². The van der Waals surface area contributed by atoms with E-state index in [1.807, 2.05) is 0 Å². The number of aliphatic hydroxyl groups is 1. The van der Waals surface area contributed by atoms with Gasteiger partial charge in [0.15, 0.2) is 5.82 Å². The Balaban J connectivity index is 1.80. The molecule has 0 fully saturated rings. The second-order valence-corrected chi connectivity index (χ2v) is 6.14. The molecule has 0 bridgehead atoms. The molecule has 1 heterocycles. The third kappa shape index (κ3) is 4.33. The summed E-state index contributed by atoms with van der Waals surface area (Å²) in [7, 11) is 0. The first-order chi connectivity index (χ1) is 13.9. The topological polar surface area (TPSA) is 179 Å². The van der Waals surface area contributed by atoms with Gasteiger partial charge in [-0.2, -0.15) is 4.98 Å². The number of nitrogens with two attached hydrogens (primary N) is 1. The van der Waals surface area contributed by atoms with E-state index in [1.54, 1.807) is 24.3 Å². The Bertz CT molecular complexity index is 1060. The Kier molecular flexibility index (Phi) is 5.74. The number of phenolic OH excluding ortho intramolecular Hbond substituents is 1. The maximum Gasteiger partial charge on any atom is 0.354 e. The maximum atomic E-state index is 11.0. The monoisotopic (exact) mass is 397 g/mol. The lowest BCUT2D eigenvalue weighted by Gasteiger charge is -2.12. The molecular formula is C19H19N5O5. The van der Waals surface area contributed by atoms with E-state index >= 15 is 0 Å². The van der Waals surface area contributed by atoms with Crippen LogP contribution in [0.15, 0.2) is 40.9 Å². The quantitative estimate of drug-likeness (QED) is 0.243. The van der Waals surface area contributed by atoms with Gasteiger partial charge >= 0.3 is 5.97 Å². The van der Waals surface area contributed by atoms with Crippen molar-refractivity contribution >= 4 is 23.1 Å². The second-order valence-electron chi connectivity index (χ2n) is 6.14. The van der Waals surface area contributed by atoms with E-state index in [-0.39, 0.29) is 42.5 Å². The Morgan fingerprint density at radius 1 is 1.28 bits per heavy atom. The number of aromatic nitrogens is 2. The zero-order chi connectivity index (χ0) is 21.0. The number of carbonyl (C=O) groups is 1. The first-order valence-electron chi connectivity index (χ1n) is 8.61. The summed E-state index contributed by atoms with van der Waals surface area (Å²) < 4.78 is 5.13. The summed E-state index contributed by atoms with van der Waals surface area (Å²) in [6.07, 6.45) is 0.246. The van der Waals surface area contributed by atoms with Crippen molar-refractivity contribution in [2.24, 2.45) is 0 Å². The SMILES string of the molecule is N=C(C(=O)O)c1cc(NCc2cccc(-c3nc(CCO)no3)c2O)ccc1N. The van der Waals surface area contributed by atoms with Crippen LogP contribution in [0.4, 0.5) is 11.4 Å². The molecule has 0 saturated carbocycles. The van der Waals surface area contributed by atoms with E-state index < -0.39 is 11.7 Å². The fourth-order valence-corrected chi connectivity index (χ4v) is 2.67. The lowest BCUT2D eigenvalue weighted by atomic mass is 10.1. The second kappa shape index (κ2) is 8.40. The van der Waals surface area contributed by atoms with E-state index in [2.05, 4.69) is 15.5 Å². The van der Waals surface area contributed by atoms with Gasteiger partial charge in [-0.1, -0.05) is 17.3 Å².